The molecule has 2 atom stereocenters. The summed E-state index contributed by atoms with van der Waals surface area (Å²) in [5, 5.41) is 0. The third-order valence-corrected chi connectivity index (χ3v) is 13.5. The van der Waals surface area contributed by atoms with Crippen molar-refractivity contribution in [2.24, 2.45) is 0 Å². The van der Waals surface area contributed by atoms with E-state index in [4.69, 9.17) is 18.5 Å². The molecule has 10 heteroatoms. The van der Waals surface area contributed by atoms with Gasteiger partial charge in [-0.05, 0) is 154 Å². The van der Waals surface area contributed by atoms with E-state index in [0.29, 0.717) is 23.9 Å². The van der Waals surface area contributed by atoms with Gasteiger partial charge in [0.1, 0.15) is 19.8 Å². The SMILES string of the molecule is CC/C=C\C/C=C\C/C=C\C/C=C\C/C=C\C/C=C\C/C=C\C/C=C\C/C=C\C/C=C\CCCCC(=O)OC(COC(=O)CCCCCC/C=C\C/C=C\C/C=C\C/C=C\C/C=C\C/C=C\C/C=C\C/C=C\CC)COP(=O)([O-])OCC[N+](C)(C)C. The summed E-state index contributed by atoms with van der Waals surface area (Å²) in [5.74, 6) is -0.937. The number of rotatable bonds is 56. The van der Waals surface area contributed by atoms with E-state index in [-0.39, 0.29) is 26.1 Å². The van der Waals surface area contributed by atoms with Gasteiger partial charge in [-0.1, -0.05) is 245 Å². The number of quaternary nitrogens is 1. The van der Waals surface area contributed by atoms with Crippen LogP contribution in [0, 0.1) is 0 Å². The Morgan fingerprint density at radius 1 is 0.360 bits per heavy atom. The van der Waals surface area contributed by atoms with E-state index in [0.717, 1.165) is 154 Å². The van der Waals surface area contributed by atoms with Crippen molar-refractivity contribution in [1.82, 2.24) is 0 Å². The number of likely N-dealkylation sites (N-methyl/N-ethyl adjacent to an activating group) is 1. The number of nitrogens with zero attached hydrogens (tertiary/aromatic N) is 1. The monoisotopic (exact) mass is 1200 g/mol. The van der Waals surface area contributed by atoms with E-state index in [1.54, 1.807) is 0 Å². The predicted octanol–water partition coefficient (Wildman–Crippen LogP) is 20.6. The Labute approximate surface area is 525 Å². The average Bonchev–Trinajstić information content (AvgIpc) is 3.70. The highest BCUT2D eigenvalue weighted by molar-refractivity contribution is 7.45. The lowest BCUT2D eigenvalue weighted by Crippen LogP contribution is -2.37. The number of hydrogen-bond donors (Lipinski definition) is 0. The van der Waals surface area contributed by atoms with Crippen molar-refractivity contribution in [3.63, 3.8) is 0 Å². The van der Waals surface area contributed by atoms with Crippen molar-refractivity contribution in [2.45, 2.75) is 200 Å². The number of phosphoric acid groups is 1. The maximum atomic E-state index is 12.8. The Morgan fingerprint density at radius 3 is 0.942 bits per heavy atom. The van der Waals surface area contributed by atoms with E-state index in [1.165, 1.54) is 0 Å². The van der Waals surface area contributed by atoms with Crippen LogP contribution >= 0.6 is 7.82 Å². The zero-order valence-corrected chi connectivity index (χ0v) is 55.0. The number of esters is 2. The molecule has 0 rings (SSSR count). The number of hydrogen-bond acceptors (Lipinski definition) is 8. The van der Waals surface area contributed by atoms with Gasteiger partial charge in [-0.25, -0.2) is 0 Å². The normalized spacial score (nSPS) is 14.6. The Hall–Kier alpha value is -5.67. The van der Waals surface area contributed by atoms with Gasteiger partial charge in [-0.3, -0.25) is 14.2 Å². The van der Waals surface area contributed by atoms with E-state index < -0.39 is 32.5 Å². The van der Waals surface area contributed by atoms with Crippen LogP contribution < -0.4 is 4.89 Å². The summed E-state index contributed by atoms with van der Waals surface area (Å²) in [6, 6.07) is 0. The van der Waals surface area contributed by atoms with Gasteiger partial charge < -0.3 is 27.9 Å². The predicted molar refractivity (Wildman–Crippen MR) is 368 cm³/mol. The summed E-state index contributed by atoms with van der Waals surface area (Å²) < 4.78 is 34.1. The molecule has 0 saturated heterocycles. The van der Waals surface area contributed by atoms with Gasteiger partial charge >= 0.3 is 11.9 Å². The van der Waals surface area contributed by atoms with Gasteiger partial charge in [0.15, 0.2) is 6.10 Å². The van der Waals surface area contributed by atoms with Crippen LogP contribution in [0.5, 0.6) is 0 Å². The molecule has 2 unspecified atom stereocenters. The summed E-state index contributed by atoms with van der Waals surface area (Å²) in [5.41, 5.74) is 0. The summed E-state index contributed by atoms with van der Waals surface area (Å²) in [4.78, 5) is 38.0. The zero-order chi connectivity index (χ0) is 62.6. The van der Waals surface area contributed by atoms with Crippen molar-refractivity contribution >= 4 is 19.8 Å². The quantitative estimate of drug-likeness (QED) is 0.0195. The molecule has 0 spiro atoms. The van der Waals surface area contributed by atoms with Crippen molar-refractivity contribution in [3.8, 4) is 0 Å². The number of unbranched alkanes of at least 4 members (excludes halogenated alkanes) is 6. The third-order valence-electron chi connectivity index (χ3n) is 12.5. The summed E-state index contributed by atoms with van der Waals surface area (Å²) in [7, 11) is 1.08. The fourth-order valence-corrected chi connectivity index (χ4v) is 8.31. The second-order valence-corrected chi connectivity index (χ2v) is 23.1. The second kappa shape index (κ2) is 63.8. The Morgan fingerprint density at radius 2 is 0.628 bits per heavy atom. The molecule has 0 heterocycles. The first-order valence-corrected chi connectivity index (χ1v) is 33.9. The fraction of sp³-hybridized carbons (Fsp3) is 0.500. The van der Waals surface area contributed by atoms with Crippen LogP contribution in [0.2, 0.25) is 0 Å². The van der Waals surface area contributed by atoms with Crippen molar-refractivity contribution in [2.75, 3.05) is 47.5 Å². The molecule has 0 amide bonds. The molecule has 0 fully saturated rings. The minimum atomic E-state index is -4.68. The molecular weight excluding hydrogens is 1090 g/mol. The van der Waals surface area contributed by atoms with Crippen LogP contribution in [0.4, 0.5) is 0 Å². The van der Waals surface area contributed by atoms with Gasteiger partial charge in [0.05, 0.1) is 27.7 Å². The second-order valence-electron chi connectivity index (χ2n) is 21.7. The van der Waals surface area contributed by atoms with E-state index in [1.807, 2.05) is 21.1 Å². The number of phosphoric ester groups is 1. The fourth-order valence-electron chi connectivity index (χ4n) is 7.58. The highest BCUT2D eigenvalue weighted by atomic mass is 31.2. The minimum Gasteiger partial charge on any atom is -0.756 e. The van der Waals surface area contributed by atoms with Gasteiger partial charge in [0.25, 0.3) is 7.82 Å². The summed E-state index contributed by atoms with van der Waals surface area (Å²) in [6.07, 6.45) is 103. The molecule has 0 bridgehead atoms. The lowest BCUT2D eigenvalue weighted by atomic mass is 10.1. The molecule has 0 aliphatic heterocycles. The van der Waals surface area contributed by atoms with Crippen molar-refractivity contribution in [3.05, 3.63) is 219 Å². The van der Waals surface area contributed by atoms with Gasteiger partial charge in [0, 0.05) is 12.8 Å². The van der Waals surface area contributed by atoms with Crippen LogP contribution in [0.15, 0.2) is 219 Å². The number of allylic oxidation sites excluding steroid dienone is 36. The molecule has 0 aliphatic carbocycles. The van der Waals surface area contributed by atoms with E-state index in [2.05, 4.69) is 233 Å². The lowest BCUT2D eigenvalue weighted by Gasteiger charge is -2.28. The Bertz CT molecular complexity index is 2250. The summed E-state index contributed by atoms with van der Waals surface area (Å²) >= 11 is 0. The maximum Gasteiger partial charge on any atom is 0.306 e. The average molecular weight is 1200 g/mol. The summed E-state index contributed by atoms with van der Waals surface area (Å²) in [6.45, 7) is 3.88. The highest BCUT2D eigenvalue weighted by Crippen LogP contribution is 2.38. The maximum absolute atomic E-state index is 12.8. The van der Waals surface area contributed by atoms with Gasteiger partial charge in [-0.2, -0.15) is 0 Å². The van der Waals surface area contributed by atoms with Crippen LogP contribution in [0.3, 0.4) is 0 Å². The molecule has 0 radical (unpaired) electrons. The van der Waals surface area contributed by atoms with Crippen LogP contribution in [0.25, 0.3) is 0 Å². The molecule has 0 N–H and O–H groups in total. The standard InChI is InChI=1S/C76H116NO8P/c1-6-8-10-12-14-16-18-20-22-24-26-28-30-32-34-36-37-38-39-41-43-45-47-49-51-53-55-57-59-61-63-65-67-69-76(79)85-74(73-84-86(80,81)83-71-70-77(3,4)5)72-82-75(78)68-66-64-62-60-58-56-54-52-50-48-46-44-42-40-35-33-31-29-27-25-23-21-19-17-15-13-11-9-7-2/h8-11,14-17,20-23,26-29,32-35,37-38,41-44,47-50,53-56,59,61,74H,6-7,12-13,18-19,24-25,30-31,36,39-40,45-46,51-52,57-58,60,62-73H2,1-5H3/b10-8-,11-9-,16-14-,17-15-,22-20-,23-21-,28-26-,29-27-,34-32-,35-33-,38-37-,43-41-,44-42-,49-47-,50-48-,55-53-,56-54-,61-59-. The van der Waals surface area contributed by atoms with Crippen molar-refractivity contribution in [1.29, 1.82) is 0 Å². The van der Waals surface area contributed by atoms with E-state index in [9.17, 15) is 19.0 Å². The van der Waals surface area contributed by atoms with Crippen LogP contribution in [-0.2, 0) is 32.7 Å². The van der Waals surface area contributed by atoms with E-state index >= 15 is 0 Å². The smallest absolute Gasteiger partial charge is 0.306 e. The molecule has 9 nitrogen and oxygen atoms in total. The Balaban J connectivity index is 4.35. The topological polar surface area (TPSA) is 111 Å². The molecule has 0 aromatic carbocycles. The highest BCUT2D eigenvalue weighted by Gasteiger charge is 2.21. The lowest BCUT2D eigenvalue weighted by molar-refractivity contribution is -0.870. The van der Waals surface area contributed by atoms with Crippen molar-refractivity contribution < 1.29 is 42.1 Å². The first kappa shape index (κ1) is 80.3. The molecule has 86 heavy (non-hydrogen) atoms. The largest absolute Gasteiger partial charge is 0.756 e. The molecule has 0 saturated carbocycles. The van der Waals surface area contributed by atoms with Gasteiger partial charge in [0.2, 0.25) is 0 Å². The zero-order valence-electron chi connectivity index (χ0n) is 54.1. The van der Waals surface area contributed by atoms with Crippen LogP contribution in [0.1, 0.15) is 194 Å². The molecule has 478 valence electrons. The number of carbonyl (C=O) groups excluding carboxylic acids is 2. The first-order chi connectivity index (χ1) is 42.0. The minimum absolute atomic E-state index is 0.0581. The third kappa shape index (κ3) is 67.5. The molecule has 0 aliphatic rings. The molecular formula is C76H116NO8P. The number of carbonyl (C=O) groups is 2. The molecule has 0 aromatic heterocycles. The van der Waals surface area contributed by atoms with Crippen LogP contribution in [-0.4, -0.2) is 70.0 Å². The molecule has 0 aromatic rings. The Kier molecular flexibility index (Phi) is 59.6. The number of ether oxygens (including phenoxy) is 2. The van der Waals surface area contributed by atoms with Gasteiger partial charge in [-0.15, -0.1) is 0 Å². The first-order valence-electron chi connectivity index (χ1n) is 32.4.